The molecule has 2 unspecified atom stereocenters. The van der Waals surface area contributed by atoms with E-state index in [4.69, 9.17) is 0 Å². The van der Waals surface area contributed by atoms with Crippen LogP contribution in [0.15, 0.2) is 24.3 Å². The fourth-order valence-electron chi connectivity index (χ4n) is 5.20. The van der Waals surface area contributed by atoms with Gasteiger partial charge in [-0.2, -0.15) is 17.5 Å². The maximum atomic E-state index is 12.8. The number of alkyl halides is 3. The van der Waals surface area contributed by atoms with Gasteiger partial charge in [0.2, 0.25) is 0 Å². The average Bonchev–Trinajstić information content (AvgIpc) is 3.08. The van der Waals surface area contributed by atoms with Crippen LogP contribution in [0.2, 0.25) is 0 Å². The maximum Gasteiger partial charge on any atom is 0.511 e. The fraction of sp³-hybridized carbons (Fsp3) is 0.700. The van der Waals surface area contributed by atoms with Crippen LogP contribution in [0.25, 0.3) is 0 Å². The third-order valence-electron chi connectivity index (χ3n) is 6.76. The number of rotatable bonds is 6. The third kappa shape index (κ3) is 3.59. The minimum Gasteiger partial charge on any atom is -0.300 e. The van der Waals surface area contributed by atoms with Crippen molar-refractivity contribution in [1.29, 1.82) is 0 Å². The van der Waals surface area contributed by atoms with Gasteiger partial charge in [0, 0.05) is 25.7 Å². The smallest absolute Gasteiger partial charge is 0.300 e. The molecule has 156 valence electrons. The van der Waals surface area contributed by atoms with Crippen LogP contribution in [0.1, 0.15) is 30.9 Å². The van der Waals surface area contributed by atoms with Crippen molar-refractivity contribution in [2.24, 2.45) is 17.8 Å². The summed E-state index contributed by atoms with van der Waals surface area (Å²) >= 11 is 0. The van der Waals surface area contributed by atoms with Gasteiger partial charge in [0.25, 0.3) is 0 Å². The molecule has 28 heavy (non-hydrogen) atoms. The molecule has 4 nitrogen and oxygen atoms in total. The molecule has 1 saturated carbocycles. The first-order valence-corrected chi connectivity index (χ1v) is 11.5. The number of sulfonamides is 1. The highest BCUT2D eigenvalue weighted by Crippen LogP contribution is 2.53. The van der Waals surface area contributed by atoms with Crippen LogP contribution >= 0.6 is 0 Å². The second-order valence-corrected chi connectivity index (χ2v) is 10.3. The zero-order valence-corrected chi connectivity index (χ0v) is 16.8. The van der Waals surface area contributed by atoms with Crippen LogP contribution in [0, 0.1) is 17.8 Å². The van der Waals surface area contributed by atoms with Gasteiger partial charge in [-0.05, 0) is 61.1 Å². The van der Waals surface area contributed by atoms with E-state index in [0.29, 0.717) is 16.3 Å². The van der Waals surface area contributed by atoms with E-state index >= 15 is 0 Å². The molecule has 0 bridgehead atoms. The number of halogens is 3. The molecule has 0 N–H and O–H groups in total. The van der Waals surface area contributed by atoms with Crippen molar-refractivity contribution in [3.05, 3.63) is 35.4 Å². The van der Waals surface area contributed by atoms with E-state index in [1.54, 1.807) is 0 Å². The van der Waals surface area contributed by atoms with Gasteiger partial charge in [-0.15, -0.1) is 0 Å². The summed E-state index contributed by atoms with van der Waals surface area (Å²) in [6.45, 7) is 4.04. The van der Waals surface area contributed by atoms with Gasteiger partial charge < -0.3 is 0 Å². The standard InChI is InChI=1S/C20H27F3N2O2S/c1-2-9-24(16-8-7-14-5-3-4-6-15(14)10-16)11-17-18-12-25(13-19(17)18)28(26,27)20(21,22)23/h3-6,16-19H,2,7-13H2,1H3/t16?,17?,18-,19+. The number of fused-ring (bicyclic) bond motifs is 2. The first-order valence-electron chi connectivity index (χ1n) is 10.1. The number of benzene rings is 1. The summed E-state index contributed by atoms with van der Waals surface area (Å²) in [5, 5.41) is 0. The first-order chi connectivity index (χ1) is 13.2. The van der Waals surface area contributed by atoms with Crippen molar-refractivity contribution >= 4 is 10.0 Å². The maximum absolute atomic E-state index is 12.8. The van der Waals surface area contributed by atoms with Crippen LogP contribution in [0.3, 0.4) is 0 Å². The average molecular weight is 417 g/mol. The Hall–Kier alpha value is -1.12. The molecule has 0 amide bonds. The molecule has 1 saturated heterocycles. The Labute approximate surface area is 164 Å². The third-order valence-corrected chi connectivity index (χ3v) is 8.33. The summed E-state index contributed by atoms with van der Waals surface area (Å²) in [7, 11) is -5.17. The molecule has 1 heterocycles. The van der Waals surface area contributed by atoms with Gasteiger partial charge in [-0.3, -0.25) is 4.90 Å². The minimum absolute atomic E-state index is 0.0185. The number of hydrogen-bond donors (Lipinski definition) is 0. The lowest BCUT2D eigenvalue weighted by Gasteiger charge is -2.36. The SMILES string of the molecule is CCCN(CC1[C@H]2CN(S(=O)(=O)C(F)(F)F)C[C@@H]12)C1CCc2ccccc2C1. The molecule has 0 radical (unpaired) electrons. The molecule has 2 fully saturated rings. The lowest BCUT2D eigenvalue weighted by atomic mass is 9.87. The van der Waals surface area contributed by atoms with Crippen molar-refractivity contribution in [3.8, 4) is 0 Å². The lowest BCUT2D eigenvalue weighted by molar-refractivity contribution is -0.0487. The van der Waals surface area contributed by atoms with E-state index in [9.17, 15) is 21.6 Å². The zero-order valence-electron chi connectivity index (χ0n) is 16.0. The van der Waals surface area contributed by atoms with Crippen LogP contribution < -0.4 is 0 Å². The number of hydrogen-bond acceptors (Lipinski definition) is 3. The zero-order chi connectivity index (χ0) is 20.1. The van der Waals surface area contributed by atoms with Gasteiger partial charge in [-0.1, -0.05) is 31.2 Å². The van der Waals surface area contributed by atoms with E-state index in [-0.39, 0.29) is 24.9 Å². The summed E-state index contributed by atoms with van der Waals surface area (Å²) in [4.78, 5) is 2.50. The van der Waals surface area contributed by atoms with E-state index in [0.717, 1.165) is 38.8 Å². The topological polar surface area (TPSA) is 40.6 Å². The first kappa shape index (κ1) is 20.2. The van der Waals surface area contributed by atoms with Crippen LogP contribution in [-0.2, 0) is 22.9 Å². The highest BCUT2D eigenvalue weighted by atomic mass is 32.2. The largest absolute Gasteiger partial charge is 0.511 e. The Morgan fingerprint density at radius 1 is 1.14 bits per heavy atom. The van der Waals surface area contributed by atoms with E-state index in [2.05, 4.69) is 36.1 Å². The minimum atomic E-state index is -5.19. The highest BCUT2D eigenvalue weighted by molar-refractivity contribution is 7.90. The summed E-state index contributed by atoms with van der Waals surface area (Å²) < 4.78 is 62.1. The summed E-state index contributed by atoms with van der Waals surface area (Å²) in [6, 6.07) is 9.00. The predicted octanol–water partition coefficient (Wildman–Crippen LogP) is 3.28. The molecule has 4 atom stereocenters. The Bertz CT molecular complexity index is 815. The van der Waals surface area contributed by atoms with Gasteiger partial charge in [0.15, 0.2) is 0 Å². The van der Waals surface area contributed by atoms with Crippen molar-refractivity contribution < 1.29 is 21.6 Å². The predicted molar refractivity (Wildman–Crippen MR) is 101 cm³/mol. The number of aryl methyl sites for hydroxylation is 1. The molecule has 3 aliphatic rings. The lowest BCUT2D eigenvalue weighted by Crippen LogP contribution is -2.43. The second kappa shape index (κ2) is 7.29. The van der Waals surface area contributed by atoms with Crippen molar-refractivity contribution in [2.75, 3.05) is 26.2 Å². The highest BCUT2D eigenvalue weighted by Gasteiger charge is 2.62. The Balaban J connectivity index is 1.37. The molecule has 8 heteroatoms. The summed E-state index contributed by atoms with van der Waals surface area (Å²) in [5.41, 5.74) is -2.37. The van der Waals surface area contributed by atoms with Crippen LogP contribution in [-0.4, -0.2) is 55.4 Å². The van der Waals surface area contributed by atoms with Gasteiger partial charge in [0.05, 0.1) is 0 Å². The quantitative estimate of drug-likeness (QED) is 0.715. The molecular weight excluding hydrogens is 389 g/mol. The monoisotopic (exact) mass is 416 g/mol. The normalized spacial score (nSPS) is 30.3. The molecule has 0 spiro atoms. The summed E-state index contributed by atoms with van der Waals surface area (Å²) in [5.74, 6) is 0.475. The Morgan fingerprint density at radius 3 is 2.39 bits per heavy atom. The summed E-state index contributed by atoms with van der Waals surface area (Å²) in [6.07, 6.45) is 4.23. The van der Waals surface area contributed by atoms with Crippen LogP contribution in [0.5, 0.6) is 0 Å². The molecule has 4 rings (SSSR count). The molecule has 1 aromatic rings. The van der Waals surface area contributed by atoms with Crippen molar-refractivity contribution in [2.45, 2.75) is 44.2 Å². The Morgan fingerprint density at radius 2 is 1.79 bits per heavy atom. The van der Waals surface area contributed by atoms with Gasteiger partial charge >= 0.3 is 15.5 Å². The second-order valence-electron chi connectivity index (χ2n) is 8.42. The van der Waals surface area contributed by atoms with E-state index in [1.165, 1.54) is 11.1 Å². The van der Waals surface area contributed by atoms with Gasteiger partial charge in [-0.25, -0.2) is 8.42 Å². The van der Waals surface area contributed by atoms with Crippen molar-refractivity contribution in [1.82, 2.24) is 9.21 Å². The van der Waals surface area contributed by atoms with E-state index in [1.807, 2.05) is 0 Å². The molecule has 2 aliphatic carbocycles. The molecule has 0 aromatic heterocycles. The molecule has 1 aliphatic heterocycles. The Kier molecular flexibility index (Phi) is 5.25. The molecule has 1 aromatic carbocycles. The fourth-order valence-corrected chi connectivity index (χ4v) is 6.22. The van der Waals surface area contributed by atoms with E-state index < -0.39 is 15.5 Å². The number of piperidine rings is 1. The van der Waals surface area contributed by atoms with Crippen LogP contribution in [0.4, 0.5) is 13.2 Å². The number of nitrogens with zero attached hydrogens (tertiary/aromatic N) is 2. The van der Waals surface area contributed by atoms with Crippen molar-refractivity contribution in [3.63, 3.8) is 0 Å². The molecular formula is C20H27F3N2O2S. The van der Waals surface area contributed by atoms with Gasteiger partial charge in [0.1, 0.15) is 0 Å².